The molecule has 0 atom stereocenters. The molecule has 0 spiro atoms. The van der Waals surface area contributed by atoms with Gasteiger partial charge in [-0.05, 0) is 23.9 Å². The maximum atomic E-state index is 13.7. The largest absolute Gasteiger partial charge is 0.290 e. The normalized spacial score (nSPS) is 11.2. The van der Waals surface area contributed by atoms with Crippen LogP contribution in [0.5, 0.6) is 0 Å². The molecule has 23 heavy (non-hydrogen) atoms. The number of hydrogen-bond donors (Lipinski definition) is 0. The molecule has 0 aliphatic rings. The van der Waals surface area contributed by atoms with Crippen LogP contribution < -0.4 is 5.56 Å². The summed E-state index contributed by atoms with van der Waals surface area (Å²) in [4.78, 5) is 17.8. The van der Waals surface area contributed by atoms with Crippen LogP contribution in [0.15, 0.2) is 39.1 Å². The molecule has 4 nitrogen and oxygen atoms in total. The van der Waals surface area contributed by atoms with Crippen LogP contribution in [0.25, 0.3) is 10.9 Å². The minimum absolute atomic E-state index is 0.114. The Labute approximate surface area is 130 Å². The first-order valence-corrected chi connectivity index (χ1v) is 7.05. The first kappa shape index (κ1) is 15.5. The quantitative estimate of drug-likeness (QED) is 0.408. The van der Waals surface area contributed by atoms with Crippen LogP contribution in [0.1, 0.15) is 0 Å². The Bertz CT molecular complexity index is 964. The van der Waals surface area contributed by atoms with E-state index in [1.807, 2.05) is 0 Å². The molecule has 0 aliphatic heterocycles. The molecule has 0 aliphatic carbocycles. The molecule has 2 aromatic heterocycles. The molecule has 2 heterocycles. The zero-order valence-electron chi connectivity index (χ0n) is 11.5. The third kappa shape index (κ3) is 2.56. The van der Waals surface area contributed by atoms with Gasteiger partial charge >= 0.3 is 0 Å². The Balaban J connectivity index is 2.21. The number of nitrogens with zero attached hydrogens (tertiary/aromatic N) is 3. The summed E-state index contributed by atoms with van der Waals surface area (Å²) in [6.45, 7) is 0. The van der Waals surface area contributed by atoms with Gasteiger partial charge in [-0.25, -0.2) is 13.8 Å². The van der Waals surface area contributed by atoms with E-state index in [1.54, 1.807) is 24.3 Å². The predicted octanol–water partition coefficient (Wildman–Crippen LogP) is 3.04. The molecule has 3 aromatic rings. The fourth-order valence-electron chi connectivity index (χ4n) is 1.94. The number of para-hydroxylation sites is 1. The number of hydrogen-bond acceptors (Lipinski definition) is 4. The lowest BCUT2D eigenvalue weighted by Gasteiger charge is -2.10. The molecule has 3 rings (SSSR count). The van der Waals surface area contributed by atoms with E-state index >= 15 is 0 Å². The van der Waals surface area contributed by atoms with Crippen molar-refractivity contribution in [1.82, 2.24) is 14.5 Å². The maximum absolute atomic E-state index is 13.7. The fourth-order valence-corrected chi connectivity index (χ4v) is 2.83. The van der Waals surface area contributed by atoms with Crippen LogP contribution in [0.3, 0.4) is 0 Å². The van der Waals surface area contributed by atoms with E-state index in [2.05, 4.69) is 9.97 Å². The Morgan fingerprint density at radius 2 is 1.61 bits per heavy atom. The monoisotopic (exact) mass is 341 g/mol. The van der Waals surface area contributed by atoms with Crippen LogP contribution in [0.2, 0.25) is 0 Å². The minimum Gasteiger partial charge on any atom is -0.290 e. The van der Waals surface area contributed by atoms with E-state index in [4.69, 9.17) is 0 Å². The van der Waals surface area contributed by atoms with Gasteiger partial charge in [-0.2, -0.15) is 13.8 Å². The number of benzene rings is 1. The summed E-state index contributed by atoms with van der Waals surface area (Å²) in [5.74, 6) is -6.82. The van der Waals surface area contributed by atoms with Gasteiger partial charge in [0, 0.05) is 7.05 Å². The average Bonchev–Trinajstić information content (AvgIpc) is 2.54. The molecule has 0 bridgehead atoms. The van der Waals surface area contributed by atoms with E-state index in [1.165, 1.54) is 7.05 Å². The Kier molecular flexibility index (Phi) is 3.80. The van der Waals surface area contributed by atoms with Gasteiger partial charge in [-0.15, -0.1) is 0 Å². The van der Waals surface area contributed by atoms with Gasteiger partial charge in [0.2, 0.25) is 0 Å². The highest BCUT2D eigenvalue weighted by molar-refractivity contribution is 7.99. The van der Waals surface area contributed by atoms with Crippen LogP contribution >= 0.6 is 11.8 Å². The predicted molar refractivity (Wildman–Crippen MR) is 75.2 cm³/mol. The molecule has 0 unspecified atom stereocenters. The molecule has 0 saturated heterocycles. The first-order chi connectivity index (χ1) is 10.9. The number of fused-ring (bicyclic) bond motifs is 1. The lowest BCUT2D eigenvalue weighted by Crippen LogP contribution is -2.20. The lowest BCUT2D eigenvalue weighted by atomic mass is 10.2. The average molecular weight is 341 g/mol. The highest BCUT2D eigenvalue weighted by atomic mass is 32.2. The second-order valence-electron chi connectivity index (χ2n) is 4.53. The third-order valence-corrected chi connectivity index (χ3v) is 4.20. The van der Waals surface area contributed by atoms with Crippen molar-refractivity contribution in [2.24, 2.45) is 7.05 Å². The van der Waals surface area contributed by atoms with Gasteiger partial charge < -0.3 is 0 Å². The zero-order chi connectivity index (χ0) is 16.7. The molecule has 9 heteroatoms. The second kappa shape index (κ2) is 5.65. The topological polar surface area (TPSA) is 47.8 Å². The summed E-state index contributed by atoms with van der Waals surface area (Å²) in [6, 6.07) is 6.37. The molecule has 0 N–H and O–H groups in total. The number of rotatable bonds is 2. The van der Waals surface area contributed by atoms with Gasteiger partial charge in [0.15, 0.2) is 16.8 Å². The van der Waals surface area contributed by atoms with E-state index in [-0.39, 0.29) is 5.16 Å². The molecule has 0 fully saturated rings. The van der Waals surface area contributed by atoms with Crippen molar-refractivity contribution in [3.8, 4) is 0 Å². The highest BCUT2D eigenvalue weighted by Gasteiger charge is 2.23. The van der Waals surface area contributed by atoms with Crippen LogP contribution in [0.4, 0.5) is 17.6 Å². The van der Waals surface area contributed by atoms with Gasteiger partial charge in [0.05, 0.1) is 15.8 Å². The smallest absolute Gasteiger partial charge is 0.261 e. The van der Waals surface area contributed by atoms with Crippen molar-refractivity contribution >= 4 is 22.7 Å². The molecular weight excluding hydrogens is 334 g/mol. The molecule has 0 saturated carbocycles. The summed E-state index contributed by atoms with van der Waals surface area (Å²) >= 11 is 0.307. The van der Waals surface area contributed by atoms with Crippen molar-refractivity contribution in [1.29, 1.82) is 0 Å². The van der Waals surface area contributed by atoms with E-state index in [0.29, 0.717) is 22.7 Å². The van der Waals surface area contributed by atoms with Gasteiger partial charge in [-0.1, -0.05) is 12.1 Å². The summed E-state index contributed by atoms with van der Waals surface area (Å²) < 4.78 is 54.8. The van der Waals surface area contributed by atoms with E-state index < -0.39 is 34.0 Å². The molecule has 118 valence electrons. The van der Waals surface area contributed by atoms with Crippen molar-refractivity contribution in [2.45, 2.75) is 10.1 Å². The summed E-state index contributed by atoms with van der Waals surface area (Å²) in [5.41, 5.74) is -0.150. The van der Waals surface area contributed by atoms with Crippen molar-refractivity contribution in [3.05, 3.63) is 58.1 Å². The fraction of sp³-hybridized carbons (Fsp3) is 0.0714. The molecule has 0 radical (unpaired) electrons. The first-order valence-electron chi connectivity index (χ1n) is 6.23. The Morgan fingerprint density at radius 1 is 1.00 bits per heavy atom. The Hall–Kier alpha value is -2.42. The van der Waals surface area contributed by atoms with Crippen molar-refractivity contribution < 1.29 is 17.6 Å². The van der Waals surface area contributed by atoms with E-state index in [0.717, 1.165) is 4.57 Å². The third-order valence-electron chi connectivity index (χ3n) is 3.09. The lowest BCUT2D eigenvalue weighted by molar-refractivity contribution is 0.383. The van der Waals surface area contributed by atoms with Gasteiger partial charge in [0.25, 0.3) is 17.5 Å². The summed E-state index contributed by atoms with van der Waals surface area (Å²) in [7, 11) is 1.34. The van der Waals surface area contributed by atoms with Gasteiger partial charge in [-0.3, -0.25) is 9.36 Å². The molecule has 0 amide bonds. The van der Waals surface area contributed by atoms with Crippen LogP contribution in [-0.2, 0) is 7.05 Å². The summed E-state index contributed by atoms with van der Waals surface area (Å²) in [5, 5.41) is 0.198. The molecular formula is C14H7F4N3OS. The maximum Gasteiger partial charge on any atom is 0.261 e. The van der Waals surface area contributed by atoms with Crippen molar-refractivity contribution in [3.63, 3.8) is 0 Å². The highest BCUT2D eigenvalue weighted by Crippen LogP contribution is 2.32. The number of pyridine rings is 1. The standard InChI is InChI=1S/C14H7F4N3OS/c1-21-13(22)6-4-2-3-5-7(6)19-14(21)23-10-8(15)11(17)20-12(18)9(10)16/h2-5H,1H3. The van der Waals surface area contributed by atoms with Gasteiger partial charge in [0.1, 0.15) is 0 Å². The van der Waals surface area contributed by atoms with Crippen LogP contribution in [0, 0.1) is 23.5 Å². The summed E-state index contributed by atoms with van der Waals surface area (Å²) in [6.07, 6.45) is 0. The van der Waals surface area contributed by atoms with Crippen LogP contribution in [-0.4, -0.2) is 14.5 Å². The Morgan fingerprint density at radius 3 is 2.26 bits per heavy atom. The van der Waals surface area contributed by atoms with E-state index in [9.17, 15) is 22.4 Å². The molecule has 1 aromatic carbocycles. The zero-order valence-corrected chi connectivity index (χ0v) is 12.3. The number of halogens is 4. The second-order valence-corrected chi connectivity index (χ2v) is 5.51. The number of aromatic nitrogens is 3. The SMILES string of the molecule is Cn1c(Sc2c(F)c(F)nc(F)c2F)nc2ccccc2c1=O. The minimum atomic E-state index is -1.77. The van der Waals surface area contributed by atoms with Crippen molar-refractivity contribution in [2.75, 3.05) is 0 Å².